The number of nitrogens with zero attached hydrogens (tertiary/aromatic N) is 2. The van der Waals surface area contributed by atoms with Crippen LogP contribution in [0.5, 0.6) is 0 Å². The van der Waals surface area contributed by atoms with Gasteiger partial charge < -0.3 is 9.88 Å². The Balaban J connectivity index is 2.19. The minimum Gasteiger partial charge on any atom is -0.335 e. The molecular weight excluding hydrogens is 294 g/mol. The van der Waals surface area contributed by atoms with Gasteiger partial charge in [-0.25, -0.2) is 13.2 Å². The van der Waals surface area contributed by atoms with Crippen molar-refractivity contribution in [2.45, 2.75) is 20.3 Å². The first-order valence-corrected chi connectivity index (χ1v) is 8.69. The number of aromatic amines is 1. The number of carbonyl (C=O) groups is 1. The molecule has 1 saturated heterocycles. The van der Waals surface area contributed by atoms with Crippen LogP contribution < -0.4 is 5.69 Å². The molecule has 0 atom stereocenters. The zero-order valence-electron chi connectivity index (χ0n) is 12.1. The van der Waals surface area contributed by atoms with Crippen LogP contribution in [0.3, 0.4) is 0 Å². The summed E-state index contributed by atoms with van der Waals surface area (Å²) in [5, 5.41) is 0. The summed E-state index contributed by atoms with van der Waals surface area (Å²) in [6, 6.07) is 1.58. The van der Waals surface area contributed by atoms with Crippen molar-refractivity contribution in [3.63, 3.8) is 0 Å². The smallest absolute Gasteiger partial charge is 0.335 e. The quantitative estimate of drug-likeness (QED) is 0.835. The molecule has 0 radical (unpaired) electrons. The zero-order valence-corrected chi connectivity index (χ0v) is 12.9. The Labute approximate surface area is 123 Å². The van der Waals surface area contributed by atoms with E-state index in [-0.39, 0.29) is 36.2 Å². The van der Waals surface area contributed by atoms with Gasteiger partial charge in [-0.1, -0.05) is 13.8 Å². The van der Waals surface area contributed by atoms with Crippen LogP contribution in [0.1, 0.15) is 30.0 Å². The van der Waals surface area contributed by atoms with Crippen LogP contribution >= 0.6 is 0 Å². The van der Waals surface area contributed by atoms with Crippen LogP contribution in [0.15, 0.2) is 10.9 Å². The van der Waals surface area contributed by atoms with Gasteiger partial charge in [0.25, 0.3) is 5.91 Å². The maximum absolute atomic E-state index is 12.3. The Kier molecular flexibility index (Phi) is 4.46. The molecule has 1 aromatic rings. The Morgan fingerprint density at radius 2 is 2.00 bits per heavy atom. The van der Waals surface area contributed by atoms with Gasteiger partial charge in [-0.15, -0.1) is 0 Å². The Hall–Kier alpha value is -1.70. The van der Waals surface area contributed by atoms with E-state index in [9.17, 15) is 18.0 Å². The van der Waals surface area contributed by atoms with E-state index in [1.165, 1.54) is 4.90 Å². The van der Waals surface area contributed by atoms with E-state index < -0.39 is 15.5 Å². The lowest BCUT2D eigenvalue weighted by Gasteiger charge is -2.26. The molecule has 1 aromatic heterocycles. The highest BCUT2D eigenvalue weighted by Crippen LogP contribution is 2.10. The molecule has 1 N–H and O–H groups in total. The summed E-state index contributed by atoms with van der Waals surface area (Å²) in [4.78, 5) is 31.6. The number of nitrogens with one attached hydrogen (secondary N) is 1. The van der Waals surface area contributed by atoms with Crippen LogP contribution in [0.25, 0.3) is 0 Å². The number of aromatic nitrogens is 2. The van der Waals surface area contributed by atoms with Crippen molar-refractivity contribution in [3.05, 3.63) is 27.9 Å². The minimum absolute atomic E-state index is 0.0409. The zero-order chi connectivity index (χ0) is 15.6. The maximum Gasteiger partial charge on any atom is 0.345 e. The summed E-state index contributed by atoms with van der Waals surface area (Å²) >= 11 is 0. The number of carbonyl (C=O) groups excluding carboxylic acids is 1. The van der Waals surface area contributed by atoms with Gasteiger partial charge in [0.2, 0.25) is 0 Å². The average molecular weight is 313 g/mol. The second kappa shape index (κ2) is 5.97. The highest BCUT2D eigenvalue weighted by atomic mass is 32.2. The van der Waals surface area contributed by atoms with Gasteiger partial charge in [0, 0.05) is 18.8 Å². The lowest BCUT2D eigenvalue weighted by atomic mass is 10.1. The third kappa shape index (κ3) is 4.13. The molecular formula is C13H19N3O4S. The van der Waals surface area contributed by atoms with E-state index in [2.05, 4.69) is 9.97 Å². The molecule has 1 amide bonds. The van der Waals surface area contributed by atoms with Crippen LogP contribution in [-0.2, 0) is 16.3 Å². The van der Waals surface area contributed by atoms with Crippen molar-refractivity contribution in [3.8, 4) is 0 Å². The lowest BCUT2D eigenvalue weighted by molar-refractivity contribution is 0.0763. The lowest BCUT2D eigenvalue weighted by Crippen LogP contribution is -2.44. The second-order valence-electron chi connectivity index (χ2n) is 5.64. The average Bonchev–Trinajstić information content (AvgIpc) is 2.36. The molecule has 0 aromatic carbocycles. The largest absolute Gasteiger partial charge is 0.345 e. The third-order valence-electron chi connectivity index (χ3n) is 3.28. The number of H-pyrrole nitrogens is 1. The molecule has 116 valence electrons. The van der Waals surface area contributed by atoms with Crippen molar-refractivity contribution in [2.24, 2.45) is 5.92 Å². The molecule has 0 bridgehead atoms. The molecule has 1 fully saturated rings. The fraction of sp³-hybridized carbons (Fsp3) is 0.615. The van der Waals surface area contributed by atoms with Gasteiger partial charge >= 0.3 is 5.69 Å². The van der Waals surface area contributed by atoms with E-state index in [0.29, 0.717) is 18.0 Å². The maximum atomic E-state index is 12.3. The third-order valence-corrected chi connectivity index (χ3v) is 4.89. The summed E-state index contributed by atoms with van der Waals surface area (Å²) < 4.78 is 22.8. The fourth-order valence-electron chi connectivity index (χ4n) is 2.24. The molecule has 8 heteroatoms. The molecule has 0 saturated carbocycles. The van der Waals surface area contributed by atoms with Gasteiger partial charge in [-0.05, 0) is 18.4 Å². The van der Waals surface area contributed by atoms with Crippen molar-refractivity contribution >= 4 is 15.7 Å². The summed E-state index contributed by atoms with van der Waals surface area (Å²) in [6.07, 6.45) is 0.645. The van der Waals surface area contributed by atoms with Crippen LogP contribution in [0, 0.1) is 5.92 Å². The summed E-state index contributed by atoms with van der Waals surface area (Å²) in [6.45, 7) is 4.32. The first kappa shape index (κ1) is 15.7. The molecule has 1 aliphatic rings. The molecule has 1 aliphatic heterocycles. The van der Waals surface area contributed by atoms with Gasteiger partial charge in [0.1, 0.15) is 5.69 Å². The molecule has 0 aliphatic carbocycles. The topological polar surface area (TPSA) is 100 Å². The molecule has 2 rings (SSSR count). The first-order valence-electron chi connectivity index (χ1n) is 6.87. The van der Waals surface area contributed by atoms with Crippen LogP contribution in [0.2, 0.25) is 0 Å². The predicted molar refractivity (Wildman–Crippen MR) is 78.0 cm³/mol. The van der Waals surface area contributed by atoms with Gasteiger partial charge in [-0.3, -0.25) is 4.79 Å². The summed E-state index contributed by atoms with van der Waals surface area (Å²) in [5.41, 5.74) is 0.188. The van der Waals surface area contributed by atoms with E-state index in [1.54, 1.807) is 6.07 Å². The fourth-order valence-corrected chi connectivity index (χ4v) is 3.45. The molecule has 7 nitrogen and oxygen atoms in total. The number of sulfone groups is 1. The highest BCUT2D eigenvalue weighted by molar-refractivity contribution is 7.91. The van der Waals surface area contributed by atoms with Gasteiger partial charge in [0.15, 0.2) is 9.84 Å². The normalized spacial score (nSPS) is 18.0. The van der Waals surface area contributed by atoms with Crippen molar-refractivity contribution in [1.29, 1.82) is 0 Å². The van der Waals surface area contributed by atoms with Crippen molar-refractivity contribution < 1.29 is 13.2 Å². The summed E-state index contributed by atoms with van der Waals surface area (Å²) in [5.74, 6) is -0.131. The predicted octanol–water partition coefficient (Wildman–Crippen LogP) is -0.161. The number of rotatable bonds is 3. The van der Waals surface area contributed by atoms with E-state index >= 15 is 0 Å². The van der Waals surface area contributed by atoms with Gasteiger partial charge in [0.05, 0.1) is 11.5 Å². The van der Waals surface area contributed by atoms with Crippen molar-refractivity contribution in [1.82, 2.24) is 14.9 Å². The minimum atomic E-state index is -3.05. The Morgan fingerprint density at radius 3 is 2.57 bits per heavy atom. The molecule has 21 heavy (non-hydrogen) atoms. The SMILES string of the molecule is CC(C)Cc1cc(C(=O)N2CCS(=O)(=O)CC2)nc(=O)[nH]1. The Morgan fingerprint density at radius 1 is 1.38 bits per heavy atom. The first-order chi connectivity index (χ1) is 9.77. The summed E-state index contributed by atoms with van der Waals surface area (Å²) in [7, 11) is -3.05. The molecule has 2 heterocycles. The standard InChI is InChI=1S/C13H19N3O4S/c1-9(2)7-10-8-11(15-13(18)14-10)12(17)16-3-5-21(19,20)6-4-16/h8-9H,3-7H2,1-2H3,(H,14,15,18). The molecule has 0 spiro atoms. The highest BCUT2D eigenvalue weighted by Gasteiger charge is 2.26. The number of hydrogen-bond acceptors (Lipinski definition) is 5. The van der Waals surface area contributed by atoms with Crippen LogP contribution in [-0.4, -0.2) is 53.8 Å². The Bertz CT molecular complexity index is 680. The molecule has 0 unspecified atom stereocenters. The van der Waals surface area contributed by atoms with E-state index in [0.717, 1.165) is 0 Å². The monoisotopic (exact) mass is 313 g/mol. The van der Waals surface area contributed by atoms with Crippen LogP contribution in [0.4, 0.5) is 0 Å². The van der Waals surface area contributed by atoms with E-state index in [4.69, 9.17) is 0 Å². The van der Waals surface area contributed by atoms with Gasteiger partial charge in [-0.2, -0.15) is 4.98 Å². The van der Waals surface area contributed by atoms with Crippen molar-refractivity contribution in [2.75, 3.05) is 24.6 Å². The number of amides is 1. The number of hydrogen-bond donors (Lipinski definition) is 1. The van der Waals surface area contributed by atoms with E-state index in [1.807, 2.05) is 13.8 Å². The second-order valence-corrected chi connectivity index (χ2v) is 7.94.